The van der Waals surface area contributed by atoms with E-state index in [1.54, 1.807) is 36.7 Å². The van der Waals surface area contributed by atoms with Crippen LogP contribution in [0.15, 0.2) is 71.9 Å². The second-order valence-electron chi connectivity index (χ2n) is 6.12. The molecule has 0 saturated carbocycles. The van der Waals surface area contributed by atoms with E-state index >= 15 is 0 Å². The Bertz CT molecular complexity index is 1040. The summed E-state index contributed by atoms with van der Waals surface area (Å²) in [7, 11) is -3.91. The lowest BCUT2D eigenvalue weighted by molar-refractivity contribution is 0.333. The molecule has 3 rings (SSSR count). The van der Waals surface area contributed by atoms with Gasteiger partial charge < -0.3 is 15.2 Å². The number of nitrogens with zero attached hydrogens (tertiary/aromatic N) is 1. The molecular weight excluding hydrogens is 378 g/mol. The van der Waals surface area contributed by atoms with E-state index in [0.717, 1.165) is 11.3 Å². The zero-order valence-electron chi connectivity index (χ0n) is 15.3. The van der Waals surface area contributed by atoms with Crippen LogP contribution in [-0.2, 0) is 10.0 Å². The fourth-order valence-corrected chi connectivity index (χ4v) is 3.76. The van der Waals surface area contributed by atoms with Crippen LogP contribution in [0.1, 0.15) is 5.56 Å². The van der Waals surface area contributed by atoms with Crippen molar-refractivity contribution in [2.45, 2.75) is 11.8 Å². The maximum Gasteiger partial charge on any atom is 0.265 e. The summed E-state index contributed by atoms with van der Waals surface area (Å²) in [4.78, 5) is 3.77. The summed E-state index contributed by atoms with van der Waals surface area (Å²) in [6.07, 6.45) is 3.40. The maximum absolute atomic E-state index is 12.5. The number of aromatic nitrogens is 1. The smallest absolute Gasteiger partial charge is 0.265 e. The van der Waals surface area contributed by atoms with Crippen LogP contribution in [0.25, 0.3) is 0 Å². The van der Waals surface area contributed by atoms with Crippen LogP contribution in [-0.4, -0.2) is 31.7 Å². The topological polar surface area (TPSA) is 101 Å². The third-order valence-electron chi connectivity index (χ3n) is 3.84. The number of anilines is 2. The number of para-hydroxylation sites is 1. The lowest BCUT2D eigenvalue weighted by Gasteiger charge is -2.13. The molecule has 3 N–H and O–H groups in total. The van der Waals surface area contributed by atoms with Crippen molar-refractivity contribution >= 4 is 21.4 Å². The number of phenolic OH excluding ortho intramolecular Hbond substituents is 1. The Balaban J connectivity index is 1.65. The van der Waals surface area contributed by atoms with Gasteiger partial charge in [-0.25, -0.2) is 8.42 Å². The molecule has 0 unspecified atom stereocenters. The van der Waals surface area contributed by atoms with Crippen LogP contribution < -0.4 is 14.8 Å². The molecule has 0 saturated heterocycles. The highest BCUT2D eigenvalue weighted by molar-refractivity contribution is 7.92. The van der Waals surface area contributed by atoms with E-state index < -0.39 is 10.0 Å². The second-order valence-corrected chi connectivity index (χ2v) is 7.77. The molecular formula is C20H21N3O4S. The van der Waals surface area contributed by atoms with E-state index in [4.69, 9.17) is 4.74 Å². The Kier molecular flexibility index (Phi) is 6.00. The molecule has 0 radical (unpaired) electrons. The highest BCUT2D eigenvalue weighted by atomic mass is 32.2. The van der Waals surface area contributed by atoms with Crippen molar-refractivity contribution in [3.63, 3.8) is 0 Å². The average Bonchev–Trinajstić information content (AvgIpc) is 2.65. The van der Waals surface area contributed by atoms with Crippen molar-refractivity contribution < 1.29 is 18.3 Å². The molecule has 3 aromatic rings. The third kappa shape index (κ3) is 5.14. The Hall–Kier alpha value is -3.26. The number of aryl methyl sites for hydroxylation is 1. The zero-order chi connectivity index (χ0) is 20.0. The van der Waals surface area contributed by atoms with Crippen LogP contribution in [0.2, 0.25) is 0 Å². The number of phenols is 1. The predicted molar refractivity (Wildman–Crippen MR) is 108 cm³/mol. The number of nitrogens with one attached hydrogen (secondary N) is 2. The molecule has 2 aromatic carbocycles. The Morgan fingerprint density at radius 2 is 1.79 bits per heavy atom. The lowest BCUT2D eigenvalue weighted by Crippen LogP contribution is -2.14. The predicted octanol–water partition coefficient (Wildman–Crippen LogP) is 3.39. The van der Waals surface area contributed by atoms with Crippen LogP contribution in [0.4, 0.5) is 11.4 Å². The summed E-state index contributed by atoms with van der Waals surface area (Å²) in [5.74, 6) is 0.243. The van der Waals surface area contributed by atoms with Crippen molar-refractivity contribution in [1.82, 2.24) is 4.98 Å². The molecule has 0 bridgehead atoms. The van der Waals surface area contributed by atoms with Crippen molar-refractivity contribution in [2.75, 3.05) is 23.2 Å². The second kappa shape index (κ2) is 8.62. The SMILES string of the molecule is Cc1cc(NS(=O)(=O)c2ccccc2O)cc(OCCNc2ccncc2)c1. The quantitative estimate of drug-likeness (QED) is 0.502. The van der Waals surface area contributed by atoms with Crippen molar-refractivity contribution in [1.29, 1.82) is 0 Å². The molecule has 0 aliphatic carbocycles. The molecule has 8 heteroatoms. The largest absolute Gasteiger partial charge is 0.507 e. The number of benzene rings is 2. The van der Waals surface area contributed by atoms with E-state index in [1.807, 2.05) is 25.1 Å². The van der Waals surface area contributed by atoms with Gasteiger partial charge in [0.05, 0.1) is 5.69 Å². The molecule has 1 aromatic heterocycles. The molecule has 146 valence electrons. The Morgan fingerprint density at radius 3 is 2.54 bits per heavy atom. The molecule has 0 atom stereocenters. The minimum atomic E-state index is -3.91. The fraction of sp³-hybridized carbons (Fsp3) is 0.150. The van der Waals surface area contributed by atoms with Crippen LogP contribution in [0.5, 0.6) is 11.5 Å². The minimum Gasteiger partial charge on any atom is -0.507 e. The number of rotatable bonds is 8. The molecule has 0 spiro atoms. The molecule has 0 fully saturated rings. The summed E-state index contributed by atoms with van der Waals surface area (Å²) in [5, 5.41) is 13.0. The van der Waals surface area contributed by atoms with Gasteiger partial charge in [0.1, 0.15) is 23.0 Å². The molecule has 0 aliphatic heterocycles. The number of pyridine rings is 1. The van der Waals surface area contributed by atoms with E-state index in [9.17, 15) is 13.5 Å². The number of hydrogen-bond acceptors (Lipinski definition) is 6. The first-order chi connectivity index (χ1) is 13.4. The van der Waals surface area contributed by atoms with Gasteiger partial charge in [-0.1, -0.05) is 12.1 Å². The Morgan fingerprint density at radius 1 is 1.04 bits per heavy atom. The van der Waals surface area contributed by atoms with E-state index in [-0.39, 0.29) is 10.6 Å². The first kappa shape index (κ1) is 19.5. The highest BCUT2D eigenvalue weighted by Gasteiger charge is 2.18. The normalized spacial score (nSPS) is 11.0. The third-order valence-corrected chi connectivity index (χ3v) is 5.27. The van der Waals surface area contributed by atoms with E-state index in [0.29, 0.717) is 24.6 Å². The van der Waals surface area contributed by atoms with Gasteiger partial charge in [-0.3, -0.25) is 9.71 Å². The Labute approximate surface area is 164 Å². The van der Waals surface area contributed by atoms with Gasteiger partial charge in [-0.2, -0.15) is 0 Å². The summed E-state index contributed by atoms with van der Waals surface area (Å²) in [6, 6.07) is 14.6. The van der Waals surface area contributed by atoms with Gasteiger partial charge in [0.2, 0.25) is 0 Å². The van der Waals surface area contributed by atoms with Gasteiger partial charge >= 0.3 is 0 Å². The van der Waals surface area contributed by atoms with Crippen molar-refractivity contribution in [2.24, 2.45) is 0 Å². The number of sulfonamides is 1. The number of aromatic hydroxyl groups is 1. The first-order valence-corrected chi connectivity index (χ1v) is 10.1. The van der Waals surface area contributed by atoms with E-state index in [1.165, 1.54) is 12.1 Å². The maximum atomic E-state index is 12.5. The monoisotopic (exact) mass is 399 g/mol. The van der Waals surface area contributed by atoms with Crippen LogP contribution >= 0.6 is 0 Å². The minimum absolute atomic E-state index is 0.180. The summed E-state index contributed by atoms with van der Waals surface area (Å²) < 4.78 is 33.3. The first-order valence-electron chi connectivity index (χ1n) is 8.63. The molecule has 28 heavy (non-hydrogen) atoms. The summed E-state index contributed by atoms with van der Waals surface area (Å²) in [6.45, 7) is 2.83. The molecule has 1 heterocycles. The average molecular weight is 399 g/mol. The number of ether oxygens (including phenoxy) is 1. The van der Waals surface area contributed by atoms with Gasteiger partial charge in [0.15, 0.2) is 0 Å². The summed E-state index contributed by atoms with van der Waals surface area (Å²) >= 11 is 0. The summed E-state index contributed by atoms with van der Waals surface area (Å²) in [5.41, 5.74) is 2.15. The van der Waals surface area contributed by atoms with Gasteiger partial charge in [0, 0.05) is 30.7 Å². The van der Waals surface area contributed by atoms with E-state index in [2.05, 4.69) is 15.0 Å². The van der Waals surface area contributed by atoms with Gasteiger partial charge in [-0.15, -0.1) is 0 Å². The lowest BCUT2D eigenvalue weighted by atomic mass is 10.2. The van der Waals surface area contributed by atoms with Gasteiger partial charge in [0.25, 0.3) is 10.0 Å². The van der Waals surface area contributed by atoms with Crippen LogP contribution in [0, 0.1) is 6.92 Å². The fourth-order valence-electron chi connectivity index (χ4n) is 2.62. The standard InChI is InChI=1S/C20H21N3O4S/c1-15-12-17(23-28(25,26)20-5-3-2-4-19(20)24)14-18(13-15)27-11-10-22-16-6-8-21-9-7-16/h2-9,12-14,23-24H,10-11H2,1H3,(H,21,22). The highest BCUT2D eigenvalue weighted by Crippen LogP contribution is 2.27. The van der Waals surface area contributed by atoms with Crippen molar-refractivity contribution in [3.05, 3.63) is 72.6 Å². The van der Waals surface area contributed by atoms with Crippen molar-refractivity contribution in [3.8, 4) is 11.5 Å². The molecule has 0 amide bonds. The molecule has 0 aliphatic rings. The number of hydrogen-bond donors (Lipinski definition) is 3. The van der Waals surface area contributed by atoms with Gasteiger partial charge in [-0.05, 0) is 48.9 Å². The van der Waals surface area contributed by atoms with Crippen LogP contribution in [0.3, 0.4) is 0 Å². The zero-order valence-corrected chi connectivity index (χ0v) is 16.1. The molecule has 7 nitrogen and oxygen atoms in total.